The van der Waals surface area contributed by atoms with Gasteiger partial charge in [0, 0.05) is 12.8 Å². The highest BCUT2D eigenvalue weighted by molar-refractivity contribution is 5.79. The predicted molar refractivity (Wildman–Crippen MR) is 44.3 cm³/mol. The van der Waals surface area contributed by atoms with Crippen LogP contribution in [-0.4, -0.2) is 5.78 Å². The normalized spacial score (nSPS) is 38.4. The summed E-state index contributed by atoms with van der Waals surface area (Å²) in [5, 5.41) is 0. The molecule has 2 fully saturated rings. The Morgan fingerprint density at radius 2 is 1.73 bits per heavy atom. The Morgan fingerprint density at radius 3 is 2.55 bits per heavy atom. The molecule has 2 atom stereocenters. The van der Waals surface area contributed by atoms with Crippen LogP contribution in [0.2, 0.25) is 0 Å². The van der Waals surface area contributed by atoms with Crippen molar-refractivity contribution in [3.63, 3.8) is 0 Å². The van der Waals surface area contributed by atoms with E-state index in [1.54, 1.807) is 0 Å². The van der Waals surface area contributed by atoms with Gasteiger partial charge in [-0.05, 0) is 24.7 Å². The zero-order valence-corrected chi connectivity index (χ0v) is 7.01. The average molecular weight is 152 g/mol. The lowest BCUT2D eigenvalue weighted by Crippen LogP contribution is -2.27. The number of carbonyl (C=O) groups excluding carboxylic acids is 1. The van der Waals surface area contributed by atoms with Gasteiger partial charge < -0.3 is 0 Å². The molecule has 11 heavy (non-hydrogen) atoms. The molecule has 1 heteroatoms. The summed E-state index contributed by atoms with van der Waals surface area (Å²) < 4.78 is 0. The monoisotopic (exact) mass is 152 g/mol. The van der Waals surface area contributed by atoms with Crippen molar-refractivity contribution in [2.45, 2.75) is 44.9 Å². The first-order valence-electron chi connectivity index (χ1n) is 4.88. The van der Waals surface area contributed by atoms with E-state index < -0.39 is 0 Å². The molecule has 0 aromatic rings. The van der Waals surface area contributed by atoms with Gasteiger partial charge in [-0.1, -0.05) is 19.3 Å². The van der Waals surface area contributed by atoms with Gasteiger partial charge in [-0.25, -0.2) is 0 Å². The van der Waals surface area contributed by atoms with E-state index in [2.05, 4.69) is 0 Å². The summed E-state index contributed by atoms with van der Waals surface area (Å²) in [6.07, 6.45) is 8.49. The third-order valence-electron chi connectivity index (χ3n) is 3.35. The molecule has 0 bridgehead atoms. The molecule has 0 amide bonds. The number of rotatable bonds is 0. The number of fused-ring (bicyclic) bond motifs is 1. The van der Waals surface area contributed by atoms with E-state index in [-0.39, 0.29) is 0 Å². The van der Waals surface area contributed by atoms with Gasteiger partial charge in [0.05, 0.1) is 0 Å². The maximum Gasteiger partial charge on any atom is 0.133 e. The maximum absolute atomic E-state index is 11.1. The third kappa shape index (κ3) is 1.47. The molecule has 62 valence electrons. The molecule has 0 heterocycles. The maximum atomic E-state index is 11.1. The molecule has 2 rings (SSSR count). The van der Waals surface area contributed by atoms with Gasteiger partial charge in [-0.3, -0.25) is 4.79 Å². The summed E-state index contributed by atoms with van der Waals surface area (Å²) in [4.78, 5) is 11.1. The van der Waals surface area contributed by atoms with Gasteiger partial charge in [0.2, 0.25) is 0 Å². The van der Waals surface area contributed by atoms with Gasteiger partial charge in [-0.15, -0.1) is 0 Å². The summed E-state index contributed by atoms with van der Waals surface area (Å²) >= 11 is 0. The quantitative estimate of drug-likeness (QED) is 0.521. The second-order valence-electron chi connectivity index (χ2n) is 4.09. The van der Waals surface area contributed by atoms with E-state index >= 15 is 0 Å². The first kappa shape index (κ1) is 7.33. The van der Waals surface area contributed by atoms with E-state index in [0.29, 0.717) is 5.78 Å². The van der Waals surface area contributed by atoms with Crippen LogP contribution < -0.4 is 0 Å². The summed E-state index contributed by atoms with van der Waals surface area (Å²) in [6.45, 7) is 0. The molecule has 0 spiro atoms. The van der Waals surface area contributed by atoms with Crippen LogP contribution in [0.3, 0.4) is 0 Å². The second kappa shape index (κ2) is 2.96. The van der Waals surface area contributed by atoms with Crippen molar-refractivity contribution in [1.29, 1.82) is 0 Å². The van der Waals surface area contributed by atoms with Crippen LogP contribution in [0.15, 0.2) is 0 Å². The van der Waals surface area contributed by atoms with Gasteiger partial charge in [0.1, 0.15) is 5.78 Å². The molecule has 2 saturated carbocycles. The van der Waals surface area contributed by atoms with E-state index in [9.17, 15) is 4.79 Å². The van der Waals surface area contributed by atoms with Gasteiger partial charge in [0.15, 0.2) is 0 Å². The van der Waals surface area contributed by atoms with Gasteiger partial charge >= 0.3 is 0 Å². The number of hydrogen-bond acceptors (Lipinski definition) is 1. The Kier molecular flexibility index (Phi) is 1.97. The van der Waals surface area contributed by atoms with Crippen molar-refractivity contribution < 1.29 is 4.79 Å². The first-order chi connectivity index (χ1) is 5.36. The Hall–Kier alpha value is -0.330. The summed E-state index contributed by atoms with van der Waals surface area (Å²) in [7, 11) is 0. The van der Waals surface area contributed by atoms with Crippen LogP contribution in [0.25, 0.3) is 0 Å². The van der Waals surface area contributed by atoms with Crippen LogP contribution in [0, 0.1) is 11.8 Å². The van der Waals surface area contributed by atoms with E-state index in [4.69, 9.17) is 0 Å². The van der Waals surface area contributed by atoms with Crippen molar-refractivity contribution >= 4 is 5.78 Å². The summed E-state index contributed by atoms with van der Waals surface area (Å²) in [5.41, 5.74) is 0. The van der Waals surface area contributed by atoms with E-state index in [1.807, 2.05) is 0 Å². The minimum Gasteiger partial charge on any atom is -0.300 e. The zero-order chi connectivity index (χ0) is 7.68. The minimum atomic E-state index is 0.521. The number of hydrogen-bond donors (Lipinski definition) is 0. The van der Waals surface area contributed by atoms with E-state index in [1.165, 1.54) is 32.1 Å². The van der Waals surface area contributed by atoms with Crippen molar-refractivity contribution in [2.24, 2.45) is 11.8 Å². The Labute approximate surface area is 68.2 Å². The molecule has 1 nitrogen and oxygen atoms in total. The zero-order valence-electron chi connectivity index (χ0n) is 7.01. The van der Waals surface area contributed by atoms with Gasteiger partial charge in [-0.2, -0.15) is 0 Å². The van der Waals surface area contributed by atoms with Crippen LogP contribution in [0.5, 0.6) is 0 Å². The largest absolute Gasteiger partial charge is 0.300 e. The summed E-state index contributed by atoms with van der Waals surface area (Å²) in [5.74, 6) is 2.22. The minimum absolute atomic E-state index is 0.521. The SMILES string of the molecule is O=C1CC[C@H]2CCCC[C@@H]2C1. The molecule has 2 aliphatic carbocycles. The number of Topliss-reactive ketones (excluding diaryl/α,β-unsaturated/α-hetero) is 1. The first-order valence-corrected chi connectivity index (χ1v) is 4.88. The lowest BCUT2D eigenvalue weighted by molar-refractivity contribution is -0.123. The molecular formula is C10H16O. The van der Waals surface area contributed by atoms with Crippen molar-refractivity contribution in [1.82, 2.24) is 0 Å². The Balaban J connectivity index is 1.98. The molecule has 0 saturated heterocycles. The average Bonchev–Trinajstić information content (AvgIpc) is 2.04. The lowest BCUT2D eigenvalue weighted by Gasteiger charge is -2.34. The Bertz CT molecular complexity index is 162. The van der Waals surface area contributed by atoms with Crippen molar-refractivity contribution in [3.8, 4) is 0 Å². The fraction of sp³-hybridized carbons (Fsp3) is 0.900. The standard InChI is InChI=1S/C10H16O/c11-10-6-5-8-3-1-2-4-9(8)7-10/h8-9H,1-7H2/t8-,9-/m1/s1. The van der Waals surface area contributed by atoms with Crippen LogP contribution >= 0.6 is 0 Å². The molecule has 0 aromatic heterocycles. The molecule has 0 radical (unpaired) electrons. The Morgan fingerprint density at radius 1 is 1.00 bits per heavy atom. The van der Waals surface area contributed by atoms with Crippen LogP contribution in [0.1, 0.15) is 44.9 Å². The lowest BCUT2D eigenvalue weighted by atomic mass is 9.71. The molecular weight excluding hydrogens is 136 g/mol. The highest BCUT2D eigenvalue weighted by Gasteiger charge is 2.30. The molecule has 0 N–H and O–H groups in total. The highest BCUT2D eigenvalue weighted by Crippen LogP contribution is 2.38. The van der Waals surface area contributed by atoms with Gasteiger partial charge in [0.25, 0.3) is 0 Å². The number of carbonyl (C=O) groups is 1. The fourth-order valence-electron chi connectivity index (χ4n) is 2.67. The molecule has 0 aromatic carbocycles. The smallest absolute Gasteiger partial charge is 0.133 e. The van der Waals surface area contributed by atoms with E-state index in [0.717, 1.165) is 24.7 Å². The number of ketones is 1. The predicted octanol–water partition coefficient (Wildman–Crippen LogP) is 2.55. The molecule has 0 unspecified atom stereocenters. The van der Waals surface area contributed by atoms with Crippen LogP contribution in [0.4, 0.5) is 0 Å². The molecule has 2 aliphatic rings. The topological polar surface area (TPSA) is 17.1 Å². The third-order valence-corrected chi connectivity index (χ3v) is 3.35. The fourth-order valence-corrected chi connectivity index (χ4v) is 2.67. The van der Waals surface area contributed by atoms with Crippen molar-refractivity contribution in [2.75, 3.05) is 0 Å². The second-order valence-corrected chi connectivity index (χ2v) is 4.09. The molecule has 0 aliphatic heterocycles. The summed E-state index contributed by atoms with van der Waals surface area (Å²) in [6, 6.07) is 0. The van der Waals surface area contributed by atoms with Crippen molar-refractivity contribution in [3.05, 3.63) is 0 Å². The highest BCUT2D eigenvalue weighted by atomic mass is 16.1. The van der Waals surface area contributed by atoms with Crippen LogP contribution in [-0.2, 0) is 4.79 Å².